The first-order valence-corrected chi connectivity index (χ1v) is 14.4. The third-order valence-electron chi connectivity index (χ3n) is 11.5. The molecule has 7 aliphatic rings. The van der Waals surface area contributed by atoms with Crippen LogP contribution in [0.5, 0.6) is 5.75 Å². The van der Waals surface area contributed by atoms with Gasteiger partial charge in [0.1, 0.15) is 23.7 Å². The Morgan fingerprint density at radius 3 is 2.51 bits per heavy atom. The van der Waals surface area contributed by atoms with Gasteiger partial charge in [0.2, 0.25) is 5.91 Å². The summed E-state index contributed by atoms with van der Waals surface area (Å²) in [6.45, 7) is 18.7. The molecule has 196 valence electrons. The zero-order valence-electron chi connectivity index (χ0n) is 23.1. The Balaban J connectivity index is 1.53. The van der Waals surface area contributed by atoms with Crippen LogP contribution in [0.15, 0.2) is 59.5 Å². The van der Waals surface area contributed by atoms with E-state index in [0.717, 1.165) is 28.3 Å². The molecule has 37 heavy (non-hydrogen) atoms. The van der Waals surface area contributed by atoms with Crippen molar-refractivity contribution in [2.45, 2.75) is 73.0 Å². The first-order valence-electron chi connectivity index (χ1n) is 14.4. The van der Waals surface area contributed by atoms with Gasteiger partial charge in [-0.05, 0) is 74.0 Å². The molecule has 0 spiro atoms. The van der Waals surface area contributed by atoms with Crippen LogP contribution in [-0.4, -0.2) is 18.1 Å². The van der Waals surface area contributed by atoms with Crippen LogP contribution >= 0.6 is 0 Å². The molecule has 1 aromatic carbocycles. The fourth-order valence-corrected chi connectivity index (χ4v) is 10.5. The summed E-state index contributed by atoms with van der Waals surface area (Å²) in [4.78, 5) is 13.3. The average molecular weight is 500 g/mol. The van der Waals surface area contributed by atoms with E-state index >= 15 is 0 Å². The third kappa shape index (κ3) is 2.99. The lowest BCUT2D eigenvalue weighted by Crippen LogP contribution is -2.46. The van der Waals surface area contributed by atoms with Crippen molar-refractivity contribution in [1.29, 1.82) is 0 Å². The van der Waals surface area contributed by atoms with E-state index in [9.17, 15) is 4.79 Å². The molecule has 3 aliphatic carbocycles. The second-order valence-electron chi connectivity index (χ2n) is 13.8. The predicted octanol–water partition coefficient (Wildman–Crippen LogP) is 6.44. The maximum absolute atomic E-state index is 13.3. The van der Waals surface area contributed by atoms with Crippen molar-refractivity contribution in [2.75, 3.05) is 0 Å². The summed E-state index contributed by atoms with van der Waals surface area (Å²) in [7, 11) is 0. The molecule has 4 aliphatic heterocycles. The summed E-state index contributed by atoms with van der Waals surface area (Å²) in [5.41, 5.74) is 4.37. The number of benzene rings is 1. The highest BCUT2D eigenvalue weighted by molar-refractivity contribution is 5.90. The van der Waals surface area contributed by atoms with Gasteiger partial charge in [-0.3, -0.25) is 4.79 Å². The molecule has 1 amide bonds. The van der Waals surface area contributed by atoms with Crippen LogP contribution in [0.2, 0.25) is 0 Å². The Morgan fingerprint density at radius 2 is 1.78 bits per heavy atom. The van der Waals surface area contributed by atoms with Crippen LogP contribution in [-0.2, 0) is 16.0 Å². The van der Waals surface area contributed by atoms with E-state index < -0.39 is 0 Å². The number of ether oxygens (including phenoxy) is 2. The number of allylic oxidation sites excluding steroid dienone is 3. The maximum Gasteiger partial charge on any atom is 0.232 e. The SMILES string of the molecule is C=C1NC(=O)C2Cc3ccc(cc3)OC3C4C5C(=C12)OC(C)C5(C)C=C(C)C4C1(C)CC(C)CC(C)C31. The number of carbonyl (C=O) groups excluding carboxylic acids is 1. The van der Waals surface area contributed by atoms with Gasteiger partial charge in [0.15, 0.2) is 0 Å². The van der Waals surface area contributed by atoms with Gasteiger partial charge in [-0.1, -0.05) is 58.1 Å². The molecule has 2 bridgehead atoms. The summed E-state index contributed by atoms with van der Waals surface area (Å²) < 4.78 is 14.0. The quantitative estimate of drug-likeness (QED) is 0.418. The lowest BCUT2D eigenvalue weighted by Gasteiger charge is -2.49. The van der Waals surface area contributed by atoms with E-state index in [0.29, 0.717) is 30.1 Å². The maximum atomic E-state index is 13.3. The van der Waals surface area contributed by atoms with E-state index in [4.69, 9.17) is 9.47 Å². The van der Waals surface area contributed by atoms with Crippen LogP contribution in [0.3, 0.4) is 0 Å². The molecule has 8 rings (SSSR count). The number of hydrogen-bond acceptors (Lipinski definition) is 3. The van der Waals surface area contributed by atoms with Gasteiger partial charge in [-0.2, -0.15) is 0 Å². The zero-order valence-corrected chi connectivity index (χ0v) is 23.1. The normalized spacial score (nSPS) is 47.6. The molecule has 11 unspecified atom stereocenters. The number of nitrogens with one attached hydrogen (secondary N) is 1. The molecule has 2 saturated heterocycles. The van der Waals surface area contributed by atoms with Gasteiger partial charge in [0, 0.05) is 34.4 Å². The minimum atomic E-state index is -0.273. The summed E-state index contributed by atoms with van der Waals surface area (Å²) in [5, 5.41) is 3.08. The fraction of sp³-hybridized carbons (Fsp3) is 0.606. The molecule has 11 atom stereocenters. The van der Waals surface area contributed by atoms with Crippen molar-refractivity contribution >= 4 is 5.91 Å². The number of amides is 1. The van der Waals surface area contributed by atoms with E-state index in [-0.39, 0.29) is 46.7 Å². The molecule has 4 fully saturated rings. The highest BCUT2D eigenvalue weighted by atomic mass is 16.5. The molecule has 0 radical (unpaired) electrons. The topological polar surface area (TPSA) is 47.6 Å². The molecule has 4 nitrogen and oxygen atoms in total. The average Bonchev–Trinajstić information content (AvgIpc) is 3.32. The molecule has 1 N–H and O–H groups in total. The summed E-state index contributed by atoms with van der Waals surface area (Å²) in [6.07, 6.45) is 5.79. The van der Waals surface area contributed by atoms with Gasteiger partial charge in [-0.15, -0.1) is 0 Å². The van der Waals surface area contributed by atoms with Gasteiger partial charge >= 0.3 is 0 Å². The molecule has 4 heterocycles. The Morgan fingerprint density at radius 1 is 1.05 bits per heavy atom. The van der Waals surface area contributed by atoms with Gasteiger partial charge in [0.05, 0.1) is 5.92 Å². The lowest BCUT2D eigenvalue weighted by molar-refractivity contribution is -0.121. The van der Waals surface area contributed by atoms with Crippen molar-refractivity contribution < 1.29 is 14.3 Å². The van der Waals surface area contributed by atoms with E-state index in [1.165, 1.54) is 18.4 Å². The van der Waals surface area contributed by atoms with E-state index in [1.807, 2.05) is 0 Å². The zero-order chi connectivity index (χ0) is 26.0. The molecular formula is C33H41NO3. The number of fused-ring (bicyclic) bond motifs is 4. The Bertz CT molecular complexity index is 1260. The van der Waals surface area contributed by atoms with Gasteiger partial charge in [-0.25, -0.2) is 0 Å². The highest BCUT2D eigenvalue weighted by Gasteiger charge is 2.70. The molecule has 2 saturated carbocycles. The number of rotatable bonds is 0. The second kappa shape index (κ2) is 7.55. The summed E-state index contributed by atoms with van der Waals surface area (Å²) >= 11 is 0. The lowest BCUT2D eigenvalue weighted by atomic mass is 9.53. The summed E-state index contributed by atoms with van der Waals surface area (Å²) in [6, 6.07) is 8.53. The predicted molar refractivity (Wildman–Crippen MR) is 144 cm³/mol. The van der Waals surface area contributed by atoms with Crippen LogP contribution < -0.4 is 10.1 Å². The molecule has 0 aromatic heterocycles. The first-order chi connectivity index (χ1) is 17.5. The van der Waals surface area contributed by atoms with Crippen molar-refractivity contribution in [2.24, 2.45) is 52.3 Å². The van der Waals surface area contributed by atoms with Crippen LogP contribution in [0.25, 0.3) is 0 Å². The molecular weight excluding hydrogens is 458 g/mol. The van der Waals surface area contributed by atoms with Crippen molar-refractivity contribution in [3.63, 3.8) is 0 Å². The second-order valence-corrected chi connectivity index (χ2v) is 13.8. The number of carbonyl (C=O) groups is 1. The van der Waals surface area contributed by atoms with Crippen LogP contribution in [0, 0.1) is 52.3 Å². The largest absolute Gasteiger partial charge is 0.493 e. The molecule has 1 aromatic rings. The molecule has 4 heteroatoms. The minimum absolute atomic E-state index is 0.0193. The third-order valence-corrected chi connectivity index (χ3v) is 11.5. The van der Waals surface area contributed by atoms with Crippen LogP contribution in [0.1, 0.15) is 59.9 Å². The monoisotopic (exact) mass is 499 g/mol. The van der Waals surface area contributed by atoms with E-state index in [1.54, 1.807) is 0 Å². The van der Waals surface area contributed by atoms with Crippen molar-refractivity contribution in [3.8, 4) is 5.75 Å². The smallest absolute Gasteiger partial charge is 0.232 e. The Kier molecular flexibility index (Phi) is 4.82. The van der Waals surface area contributed by atoms with Gasteiger partial charge < -0.3 is 14.8 Å². The minimum Gasteiger partial charge on any atom is -0.493 e. The van der Waals surface area contributed by atoms with E-state index in [2.05, 4.69) is 83.8 Å². The van der Waals surface area contributed by atoms with Crippen molar-refractivity contribution in [3.05, 3.63) is 65.1 Å². The first kappa shape index (κ1) is 23.6. The highest BCUT2D eigenvalue weighted by Crippen LogP contribution is 2.71. The van der Waals surface area contributed by atoms with Crippen molar-refractivity contribution in [1.82, 2.24) is 5.32 Å². The van der Waals surface area contributed by atoms with Crippen LogP contribution in [0.4, 0.5) is 0 Å². The Labute approximate surface area is 221 Å². The fourth-order valence-electron chi connectivity index (χ4n) is 10.5. The van der Waals surface area contributed by atoms with Gasteiger partial charge in [0.25, 0.3) is 0 Å². The standard InChI is InChI=1S/C33H41NO3/c1-16-12-17(2)27-30-25-26(33(27,7)14-16)18(3)15-32(6)20(5)36-29(28(25)32)24-19(4)34-31(35)23(24)13-21-8-10-22(37-30)11-9-21/h8-11,15-17,20,23,25-28,30H,4,12-14H2,1-3,5-7H3,(H,34,35). The number of hydrogen-bond donors (Lipinski definition) is 1. The summed E-state index contributed by atoms with van der Waals surface area (Å²) in [5.74, 6) is 4.36. The Hall–Kier alpha value is -2.49.